The van der Waals surface area contributed by atoms with E-state index in [2.05, 4.69) is 9.97 Å². The van der Waals surface area contributed by atoms with E-state index in [0.717, 1.165) is 18.0 Å². The molecule has 2 aromatic rings. The van der Waals surface area contributed by atoms with Crippen LogP contribution in [0.15, 0.2) is 36.7 Å². The van der Waals surface area contributed by atoms with Crippen LogP contribution >= 0.6 is 11.6 Å². The number of likely N-dealkylation sites (N-methyl/N-ethyl adjacent to an activating group) is 1. The Morgan fingerprint density at radius 2 is 1.90 bits per heavy atom. The summed E-state index contributed by atoms with van der Waals surface area (Å²) in [6.45, 7) is 0.754. The van der Waals surface area contributed by atoms with Crippen LogP contribution in [0.2, 0.25) is 5.02 Å². The van der Waals surface area contributed by atoms with Gasteiger partial charge in [-0.05, 0) is 24.1 Å². The van der Waals surface area contributed by atoms with Gasteiger partial charge in [0.1, 0.15) is 0 Å². The molecular weight excluding hydrogens is 290 g/mol. The Balaban J connectivity index is 1.95. The van der Waals surface area contributed by atoms with Gasteiger partial charge in [-0.3, -0.25) is 10.2 Å². The monoisotopic (exact) mass is 305 g/mol. The molecule has 0 aliphatic heterocycles. The number of halogens is 1. The van der Waals surface area contributed by atoms with Crippen molar-refractivity contribution in [2.45, 2.75) is 6.42 Å². The molecule has 1 aromatic heterocycles. The number of aromatic nitrogens is 2. The summed E-state index contributed by atoms with van der Waals surface area (Å²) < 4.78 is 0. The third kappa shape index (κ3) is 4.14. The van der Waals surface area contributed by atoms with Gasteiger partial charge in [-0.25, -0.2) is 15.8 Å². The fourth-order valence-electron chi connectivity index (χ4n) is 1.77. The second-order valence-electron chi connectivity index (χ2n) is 4.54. The third-order valence-electron chi connectivity index (χ3n) is 3.02. The molecule has 1 amide bonds. The zero-order valence-electron chi connectivity index (χ0n) is 11.6. The maximum atomic E-state index is 11.3. The number of carbonyl (C=O) groups is 1. The smallest absolute Gasteiger partial charge is 0.268 e. The van der Waals surface area contributed by atoms with Crippen molar-refractivity contribution >= 4 is 23.5 Å². The molecule has 7 heteroatoms. The third-order valence-corrected chi connectivity index (χ3v) is 3.27. The fourth-order valence-corrected chi connectivity index (χ4v) is 1.89. The largest absolute Gasteiger partial charge is 0.344 e. The van der Waals surface area contributed by atoms with Crippen molar-refractivity contribution in [2.75, 3.05) is 18.5 Å². The summed E-state index contributed by atoms with van der Waals surface area (Å²) in [7, 11) is 1.90. The van der Waals surface area contributed by atoms with Crippen LogP contribution in [0.25, 0.3) is 0 Å². The first-order valence-corrected chi connectivity index (χ1v) is 6.76. The molecule has 2 rings (SSSR count). The number of carbonyl (C=O) groups excluding carboxylic acids is 1. The summed E-state index contributed by atoms with van der Waals surface area (Å²) in [5.41, 5.74) is 3.55. The number of hydrogen-bond acceptors (Lipinski definition) is 5. The molecule has 3 N–H and O–H groups in total. The van der Waals surface area contributed by atoms with Crippen molar-refractivity contribution in [3.05, 3.63) is 52.8 Å². The highest BCUT2D eigenvalue weighted by Gasteiger charge is 2.08. The maximum Gasteiger partial charge on any atom is 0.268 e. The van der Waals surface area contributed by atoms with E-state index in [0.29, 0.717) is 11.5 Å². The Labute approximate surface area is 127 Å². The lowest BCUT2D eigenvalue weighted by Crippen LogP contribution is -2.30. The zero-order chi connectivity index (χ0) is 15.2. The molecule has 21 heavy (non-hydrogen) atoms. The molecule has 0 aliphatic rings. The Kier molecular flexibility index (Phi) is 5.08. The zero-order valence-corrected chi connectivity index (χ0v) is 12.3. The molecule has 1 aromatic carbocycles. The summed E-state index contributed by atoms with van der Waals surface area (Å²) in [6.07, 6.45) is 3.74. The van der Waals surface area contributed by atoms with Gasteiger partial charge in [0.15, 0.2) is 0 Å². The summed E-state index contributed by atoms with van der Waals surface area (Å²) in [5.74, 6) is 5.19. The number of nitrogens with two attached hydrogens (primary N) is 1. The number of benzene rings is 1. The highest BCUT2D eigenvalue weighted by atomic mass is 35.5. The number of nitrogens with zero attached hydrogens (tertiary/aromatic N) is 3. The number of nitrogens with one attached hydrogen (secondary N) is 1. The topological polar surface area (TPSA) is 84.1 Å². The molecule has 0 radical (unpaired) electrons. The minimum atomic E-state index is -0.412. The van der Waals surface area contributed by atoms with Crippen LogP contribution in [-0.4, -0.2) is 29.5 Å². The SMILES string of the molecule is CN(CCc1ccc(Cl)cc1)c1ncc(C(=O)NN)cn1. The predicted octanol–water partition coefficient (Wildman–Crippen LogP) is 1.41. The average molecular weight is 306 g/mol. The second kappa shape index (κ2) is 7.01. The fraction of sp³-hybridized carbons (Fsp3) is 0.214. The summed E-state index contributed by atoms with van der Waals surface area (Å²) in [6, 6.07) is 7.72. The van der Waals surface area contributed by atoms with Crippen LogP contribution in [0, 0.1) is 0 Å². The molecule has 0 aliphatic carbocycles. The number of nitrogen functional groups attached to an aromatic ring is 1. The first kappa shape index (κ1) is 15.2. The van der Waals surface area contributed by atoms with E-state index in [1.165, 1.54) is 18.0 Å². The summed E-state index contributed by atoms with van der Waals surface area (Å²) in [4.78, 5) is 21.5. The van der Waals surface area contributed by atoms with Crippen molar-refractivity contribution < 1.29 is 4.79 Å². The molecule has 0 fully saturated rings. The standard InChI is InChI=1S/C14H16ClN5O/c1-20(7-6-10-2-4-12(15)5-3-10)14-17-8-11(9-18-14)13(21)19-16/h2-5,8-9H,6-7,16H2,1H3,(H,19,21). The van der Waals surface area contributed by atoms with Gasteiger partial charge in [0, 0.05) is 31.0 Å². The van der Waals surface area contributed by atoms with E-state index >= 15 is 0 Å². The average Bonchev–Trinajstić information content (AvgIpc) is 2.53. The molecule has 110 valence electrons. The Morgan fingerprint density at radius 3 is 2.48 bits per heavy atom. The Bertz CT molecular complexity index is 600. The van der Waals surface area contributed by atoms with Crippen LogP contribution in [0.3, 0.4) is 0 Å². The van der Waals surface area contributed by atoms with Gasteiger partial charge >= 0.3 is 0 Å². The normalized spacial score (nSPS) is 10.2. The molecule has 0 saturated carbocycles. The Hall–Kier alpha value is -2.18. The summed E-state index contributed by atoms with van der Waals surface area (Å²) in [5, 5.41) is 0.726. The molecule has 0 atom stereocenters. The van der Waals surface area contributed by atoms with Crippen LogP contribution in [-0.2, 0) is 6.42 Å². The van der Waals surface area contributed by atoms with Gasteiger partial charge in [0.05, 0.1) is 5.56 Å². The van der Waals surface area contributed by atoms with E-state index in [4.69, 9.17) is 17.4 Å². The van der Waals surface area contributed by atoms with Gasteiger partial charge in [-0.15, -0.1) is 0 Å². The molecule has 1 heterocycles. The van der Waals surface area contributed by atoms with Crippen LogP contribution in [0.5, 0.6) is 0 Å². The number of hydrogen-bond donors (Lipinski definition) is 2. The second-order valence-corrected chi connectivity index (χ2v) is 4.98. The van der Waals surface area contributed by atoms with Crippen LogP contribution < -0.4 is 16.2 Å². The first-order valence-electron chi connectivity index (χ1n) is 6.38. The lowest BCUT2D eigenvalue weighted by molar-refractivity contribution is 0.0953. The number of amides is 1. The molecule has 0 bridgehead atoms. The highest BCUT2D eigenvalue weighted by Crippen LogP contribution is 2.11. The Morgan fingerprint density at radius 1 is 1.29 bits per heavy atom. The van der Waals surface area contributed by atoms with Gasteiger partial charge in [-0.1, -0.05) is 23.7 Å². The minimum absolute atomic E-state index is 0.326. The van der Waals surface area contributed by atoms with E-state index in [9.17, 15) is 4.79 Å². The quantitative estimate of drug-likeness (QED) is 0.496. The molecule has 0 spiro atoms. The van der Waals surface area contributed by atoms with Crippen molar-refractivity contribution in [3.8, 4) is 0 Å². The van der Waals surface area contributed by atoms with Crippen molar-refractivity contribution in [3.63, 3.8) is 0 Å². The van der Waals surface area contributed by atoms with Gasteiger partial charge in [-0.2, -0.15) is 0 Å². The molecular formula is C14H16ClN5O. The number of anilines is 1. The van der Waals surface area contributed by atoms with Gasteiger partial charge in [0.2, 0.25) is 5.95 Å². The molecule has 0 saturated heterocycles. The van der Waals surface area contributed by atoms with Crippen LogP contribution in [0.1, 0.15) is 15.9 Å². The van der Waals surface area contributed by atoms with Crippen molar-refractivity contribution in [1.82, 2.24) is 15.4 Å². The van der Waals surface area contributed by atoms with Gasteiger partial charge < -0.3 is 4.90 Å². The van der Waals surface area contributed by atoms with E-state index in [1.54, 1.807) is 0 Å². The summed E-state index contributed by atoms with van der Waals surface area (Å²) >= 11 is 5.85. The van der Waals surface area contributed by atoms with E-state index in [1.807, 2.05) is 41.6 Å². The maximum absolute atomic E-state index is 11.3. The predicted molar refractivity (Wildman–Crippen MR) is 82.1 cm³/mol. The lowest BCUT2D eigenvalue weighted by atomic mass is 10.1. The molecule has 6 nitrogen and oxygen atoms in total. The van der Waals surface area contributed by atoms with E-state index < -0.39 is 5.91 Å². The highest BCUT2D eigenvalue weighted by molar-refractivity contribution is 6.30. The van der Waals surface area contributed by atoms with Crippen LogP contribution in [0.4, 0.5) is 5.95 Å². The number of hydrazine groups is 1. The number of rotatable bonds is 5. The lowest BCUT2D eigenvalue weighted by Gasteiger charge is -2.16. The first-order chi connectivity index (χ1) is 10.1. The minimum Gasteiger partial charge on any atom is -0.344 e. The van der Waals surface area contributed by atoms with Crippen molar-refractivity contribution in [1.29, 1.82) is 0 Å². The van der Waals surface area contributed by atoms with Gasteiger partial charge in [0.25, 0.3) is 5.91 Å². The van der Waals surface area contributed by atoms with Crippen molar-refractivity contribution in [2.24, 2.45) is 5.84 Å². The van der Waals surface area contributed by atoms with E-state index in [-0.39, 0.29) is 0 Å². The molecule has 0 unspecified atom stereocenters.